The number of likely N-dealkylation sites (tertiary alicyclic amines) is 1. The van der Waals surface area contributed by atoms with Crippen molar-refractivity contribution in [2.75, 3.05) is 13.1 Å². The number of hydrogen-bond donors (Lipinski definition) is 0. The molecule has 7 nitrogen and oxygen atoms in total. The smallest absolute Gasteiger partial charge is 0.334 e. The molecule has 5 rings (SSSR count). The molecule has 0 saturated carbocycles. The topological polar surface area (TPSA) is 69.4 Å². The van der Waals surface area contributed by atoms with E-state index in [0.717, 1.165) is 5.75 Å². The molecule has 166 valence electrons. The summed E-state index contributed by atoms with van der Waals surface area (Å²) in [5, 5.41) is 0.390. The van der Waals surface area contributed by atoms with Crippen molar-refractivity contribution in [2.24, 2.45) is 0 Å². The molecule has 1 unspecified atom stereocenters. The number of benzene rings is 2. The van der Waals surface area contributed by atoms with Crippen LogP contribution >= 0.6 is 11.6 Å². The summed E-state index contributed by atoms with van der Waals surface area (Å²) in [6.07, 6.45) is 5.11. The molecule has 1 aliphatic rings. The summed E-state index contributed by atoms with van der Waals surface area (Å²) in [5.41, 5.74) is 1.66. The summed E-state index contributed by atoms with van der Waals surface area (Å²) in [7, 11) is 0. The molecule has 2 aromatic heterocycles. The van der Waals surface area contributed by atoms with Gasteiger partial charge in [-0.25, -0.2) is 4.79 Å². The van der Waals surface area contributed by atoms with Crippen molar-refractivity contribution in [3.8, 4) is 17.2 Å². The lowest BCUT2D eigenvalue weighted by molar-refractivity contribution is -0.125. The Morgan fingerprint density at radius 1 is 1.09 bits per heavy atom. The monoisotopic (exact) mass is 460 g/mol. The van der Waals surface area contributed by atoms with Gasteiger partial charge in [0.05, 0.1) is 34.0 Å². The van der Waals surface area contributed by atoms with Gasteiger partial charge < -0.3 is 9.64 Å². The summed E-state index contributed by atoms with van der Waals surface area (Å²) < 4.78 is 9.15. The molecule has 0 bridgehead atoms. The SMILES string of the molecule is C=CC(=O)N1CCC(n2c(=O)n(-c3ccc(Oc4ccccc4)cc3)c3cncc(Cl)c32)C1. The van der Waals surface area contributed by atoms with Crippen LogP contribution in [-0.4, -0.2) is 38.0 Å². The van der Waals surface area contributed by atoms with E-state index in [9.17, 15) is 9.59 Å². The molecule has 0 aliphatic carbocycles. The Morgan fingerprint density at radius 2 is 1.82 bits per heavy atom. The molecule has 1 saturated heterocycles. The summed E-state index contributed by atoms with van der Waals surface area (Å²) in [4.78, 5) is 31.6. The Bertz CT molecular complexity index is 1390. The number of amides is 1. The number of nitrogens with zero attached hydrogens (tertiary/aromatic N) is 4. The zero-order valence-electron chi connectivity index (χ0n) is 17.7. The second-order valence-electron chi connectivity index (χ2n) is 7.82. The Hall–Kier alpha value is -3.84. The minimum absolute atomic E-state index is 0.143. The third-order valence-corrected chi connectivity index (χ3v) is 6.10. The van der Waals surface area contributed by atoms with Gasteiger partial charge in [-0.05, 0) is 48.9 Å². The predicted octanol–water partition coefficient (Wildman–Crippen LogP) is 4.59. The molecule has 0 spiro atoms. The molecule has 2 aromatic carbocycles. The number of para-hydroxylation sites is 1. The van der Waals surface area contributed by atoms with Crippen molar-refractivity contribution < 1.29 is 9.53 Å². The van der Waals surface area contributed by atoms with Crippen LogP contribution in [0.5, 0.6) is 11.5 Å². The van der Waals surface area contributed by atoms with Crippen molar-refractivity contribution in [3.05, 3.63) is 95.2 Å². The highest BCUT2D eigenvalue weighted by atomic mass is 35.5. The summed E-state index contributed by atoms with van der Waals surface area (Å²) in [6.45, 7) is 4.54. The zero-order chi connectivity index (χ0) is 22.9. The van der Waals surface area contributed by atoms with Crippen molar-refractivity contribution in [1.82, 2.24) is 19.0 Å². The fraction of sp³-hybridized carbons (Fsp3) is 0.160. The zero-order valence-corrected chi connectivity index (χ0v) is 18.5. The fourth-order valence-electron chi connectivity index (χ4n) is 4.28. The van der Waals surface area contributed by atoms with Crippen molar-refractivity contribution >= 4 is 28.5 Å². The maximum absolute atomic E-state index is 13.6. The van der Waals surface area contributed by atoms with Crippen molar-refractivity contribution in [2.45, 2.75) is 12.5 Å². The number of imidazole rings is 1. The van der Waals surface area contributed by atoms with Crippen LogP contribution in [-0.2, 0) is 4.79 Å². The molecular weight excluding hydrogens is 440 g/mol. The van der Waals surface area contributed by atoms with Crippen LogP contribution in [0.3, 0.4) is 0 Å². The van der Waals surface area contributed by atoms with Crippen LogP contribution in [0.2, 0.25) is 5.02 Å². The highest BCUT2D eigenvalue weighted by Gasteiger charge is 2.30. The Morgan fingerprint density at radius 3 is 2.55 bits per heavy atom. The second-order valence-corrected chi connectivity index (χ2v) is 8.22. The molecule has 0 N–H and O–H groups in total. The van der Waals surface area contributed by atoms with Crippen LogP contribution in [0, 0.1) is 0 Å². The highest BCUT2D eigenvalue weighted by Crippen LogP contribution is 2.31. The fourth-order valence-corrected chi connectivity index (χ4v) is 4.53. The van der Waals surface area contributed by atoms with Gasteiger partial charge >= 0.3 is 5.69 Å². The number of carbonyl (C=O) groups is 1. The van der Waals surface area contributed by atoms with Gasteiger partial charge in [0, 0.05) is 19.3 Å². The van der Waals surface area contributed by atoms with Gasteiger partial charge in [-0.3, -0.25) is 18.9 Å². The highest BCUT2D eigenvalue weighted by molar-refractivity contribution is 6.34. The number of halogens is 1. The first-order valence-corrected chi connectivity index (χ1v) is 11.0. The van der Waals surface area contributed by atoms with Crippen LogP contribution in [0.4, 0.5) is 0 Å². The van der Waals surface area contributed by atoms with Gasteiger partial charge in [-0.15, -0.1) is 0 Å². The molecule has 1 aliphatic heterocycles. The Balaban J connectivity index is 1.55. The average molecular weight is 461 g/mol. The second kappa shape index (κ2) is 8.60. The van der Waals surface area contributed by atoms with Gasteiger partial charge in [0.2, 0.25) is 5.91 Å². The first-order chi connectivity index (χ1) is 16.1. The molecule has 1 atom stereocenters. The molecule has 1 fully saturated rings. The quantitative estimate of drug-likeness (QED) is 0.408. The van der Waals surface area contributed by atoms with Gasteiger partial charge in [-0.1, -0.05) is 36.4 Å². The van der Waals surface area contributed by atoms with Crippen molar-refractivity contribution in [3.63, 3.8) is 0 Å². The maximum atomic E-state index is 13.6. The van der Waals surface area contributed by atoms with E-state index in [1.807, 2.05) is 54.6 Å². The molecule has 33 heavy (non-hydrogen) atoms. The van der Waals surface area contributed by atoms with Crippen molar-refractivity contribution in [1.29, 1.82) is 0 Å². The number of aromatic nitrogens is 3. The van der Waals surface area contributed by atoms with Crippen LogP contribution < -0.4 is 10.4 Å². The van der Waals surface area contributed by atoms with Crippen LogP contribution in [0.25, 0.3) is 16.7 Å². The molecule has 1 amide bonds. The van der Waals surface area contributed by atoms with Gasteiger partial charge in [0.1, 0.15) is 11.5 Å². The Kier molecular flexibility index (Phi) is 5.48. The summed E-state index contributed by atoms with van der Waals surface area (Å²) >= 11 is 6.50. The molecule has 3 heterocycles. The molecule has 0 radical (unpaired) electrons. The number of carbonyl (C=O) groups excluding carboxylic acids is 1. The van der Waals surface area contributed by atoms with Gasteiger partial charge in [0.15, 0.2) is 0 Å². The predicted molar refractivity (Wildman–Crippen MR) is 127 cm³/mol. The normalized spacial score (nSPS) is 15.7. The lowest BCUT2D eigenvalue weighted by Crippen LogP contribution is -2.31. The first-order valence-electron chi connectivity index (χ1n) is 10.6. The third kappa shape index (κ3) is 3.81. The molecule has 8 heteroatoms. The third-order valence-electron chi connectivity index (χ3n) is 5.82. The number of pyridine rings is 1. The summed E-state index contributed by atoms with van der Waals surface area (Å²) in [6, 6.07) is 16.6. The van der Waals surface area contributed by atoms with E-state index in [1.54, 1.807) is 20.2 Å². The van der Waals surface area contributed by atoms with Crippen LogP contribution in [0.15, 0.2) is 84.4 Å². The Labute approximate surface area is 195 Å². The number of fused-ring (bicyclic) bond motifs is 1. The first kappa shape index (κ1) is 21.0. The number of hydrogen-bond acceptors (Lipinski definition) is 4. The van der Waals surface area contributed by atoms with Crippen LogP contribution in [0.1, 0.15) is 12.5 Å². The van der Waals surface area contributed by atoms with E-state index in [1.165, 1.54) is 12.3 Å². The molecular formula is C25H21ClN4O3. The lowest BCUT2D eigenvalue weighted by atomic mass is 10.2. The maximum Gasteiger partial charge on any atom is 0.334 e. The minimum atomic E-state index is -0.227. The van der Waals surface area contributed by atoms with E-state index in [0.29, 0.717) is 47.0 Å². The number of rotatable bonds is 5. The largest absolute Gasteiger partial charge is 0.457 e. The standard InChI is InChI=1S/C25H21ClN4O3/c1-2-23(31)28-13-12-18(16-28)30-24-21(26)14-27-15-22(24)29(25(30)32)17-8-10-20(11-9-17)33-19-6-4-3-5-7-19/h2-11,14-15,18H,1,12-13,16H2. The number of ether oxygens (including phenoxy) is 1. The van der Waals surface area contributed by atoms with E-state index in [2.05, 4.69) is 11.6 Å². The summed E-state index contributed by atoms with van der Waals surface area (Å²) in [5.74, 6) is 1.25. The van der Waals surface area contributed by atoms with E-state index in [4.69, 9.17) is 16.3 Å². The van der Waals surface area contributed by atoms with E-state index >= 15 is 0 Å². The van der Waals surface area contributed by atoms with Gasteiger partial charge in [-0.2, -0.15) is 0 Å². The lowest BCUT2D eigenvalue weighted by Gasteiger charge is -2.15. The van der Waals surface area contributed by atoms with Gasteiger partial charge in [0.25, 0.3) is 0 Å². The minimum Gasteiger partial charge on any atom is -0.457 e. The van der Waals surface area contributed by atoms with E-state index in [-0.39, 0.29) is 17.6 Å². The average Bonchev–Trinajstić information content (AvgIpc) is 3.43. The molecule has 4 aromatic rings. The van der Waals surface area contributed by atoms with E-state index < -0.39 is 0 Å².